The number of hydrogen-bond donors (Lipinski definition) is 1. The fourth-order valence-corrected chi connectivity index (χ4v) is 2.14. The Bertz CT molecular complexity index is 535. The molecule has 114 valence electrons. The highest BCUT2D eigenvalue weighted by molar-refractivity contribution is 5.61. The Kier molecular flexibility index (Phi) is 6.12. The summed E-state index contributed by atoms with van der Waals surface area (Å²) in [5.41, 5.74) is 0.869. The monoisotopic (exact) mass is 290 g/mol. The molecule has 0 aromatic heterocycles. The summed E-state index contributed by atoms with van der Waals surface area (Å²) in [5.74, 6) is 0.575. The Morgan fingerprint density at radius 2 is 2.10 bits per heavy atom. The van der Waals surface area contributed by atoms with Gasteiger partial charge in [-0.1, -0.05) is 13.8 Å². The fourth-order valence-electron chi connectivity index (χ4n) is 2.14. The molecule has 0 spiro atoms. The zero-order valence-electron chi connectivity index (χ0n) is 13.0. The number of hydrogen-bond acceptors (Lipinski definition) is 5. The Hall–Kier alpha value is -2.13. The number of nitro groups is 1. The van der Waals surface area contributed by atoms with Crippen molar-refractivity contribution in [1.82, 2.24) is 4.90 Å². The summed E-state index contributed by atoms with van der Waals surface area (Å²) < 4.78 is 0. The van der Waals surface area contributed by atoms with E-state index in [2.05, 4.69) is 24.1 Å². The maximum absolute atomic E-state index is 10.7. The first-order chi connectivity index (χ1) is 9.85. The average Bonchev–Trinajstić information content (AvgIpc) is 2.42. The molecular formula is C15H22N4O2. The quantitative estimate of drug-likeness (QED) is 0.616. The lowest BCUT2D eigenvalue weighted by atomic mass is 10.0. The van der Waals surface area contributed by atoms with Crippen LogP contribution in [0.4, 0.5) is 11.4 Å². The summed E-state index contributed by atoms with van der Waals surface area (Å²) in [5, 5.41) is 23.1. The second-order valence-electron chi connectivity index (χ2n) is 5.73. The van der Waals surface area contributed by atoms with Gasteiger partial charge in [-0.15, -0.1) is 0 Å². The molecule has 6 heteroatoms. The van der Waals surface area contributed by atoms with Gasteiger partial charge in [0.25, 0.3) is 5.69 Å². The van der Waals surface area contributed by atoms with E-state index in [4.69, 9.17) is 5.26 Å². The highest BCUT2D eigenvalue weighted by atomic mass is 16.6. The summed E-state index contributed by atoms with van der Waals surface area (Å²) in [6, 6.07) is 6.65. The molecule has 0 aliphatic carbocycles. The normalized spacial score (nSPS) is 12.2. The smallest absolute Gasteiger partial charge is 0.270 e. The molecule has 0 saturated carbocycles. The van der Waals surface area contributed by atoms with E-state index in [9.17, 15) is 10.1 Å². The Morgan fingerprint density at radius 1 is 1.43 bits per heavy atom. The molecule has 1 N–H and O–H groups in total. The molecule has 1 atom stereocenters. The molecule has 0 aliphatic rings. The van der Waals surface area contributed by atoms with Gasteiger partial charge in [0.15, 0.2) is 0 Å². The van der Waals surface area contributed by atoms with Crippen molar-refractivity contribution >= 4 is 11.4 Å². The van der Waals surface area contributed by atoms with E-state index < -0.39 is 4.92 Å². The van der Waals surface area contributed by atoms with Crippen LogP contribution < -0.4 is 5.32 Å². The first kappa shape index (κ1) is 16.9. The van der Waals surface area contributed by atoms with E-state index in [1.54, 1.807) is 6.07 Å². The predicted molar refractivity (Wildman–Crippen MR) is 83.2 cm³/mol. The van der Waals surface area contributed by atoms with E-state index >= 15 is 0 Å². The number of rotatable bonds is 7. The van der Waals surface area contributed by atoms with Gasteiger partial charge in [-0.3, -0.25) is 10.1 Å². The van der Waals surface area contributed by atoms with Crippen molar-refractivity contribution < 1.29 is 4.92 Å². The summed E-state index contributed by atoms with van der Waals surface area (Å²) >= 11 is 0. The first-order valence-electron chi connectivity index (χ1n) is 6.94. The summed E-state index contributed by atoms with van der Waals surface area (Å²) in [6.45, 7) is 5.03. The molecule has 0 radical (unpaired) electrons. The van der Waals surface area contributed by atoms with E-state index in [0.717, 1.165) is 6.42 Å². The zero-order chi connectivity index (χ0) is 16.0. The number of benzene rings is 1. The maximum atomic E-state index is 10.7. The topological polar surface area (TPSA) is 82.2 Å². The van der Waals surface area contributed by atoms with Crippen LogP contribution in [0, 0.1) is 27.4 Å². The van der Waals surface area contributed by atoms with E-state index in [1.807, 2.05) is 20.2 Å². The van der Waals surface area contributed by atoms with E-state index in [-0.39, 0.29) is 5.69 Å². The molecule has 0 bridgehead atoms. The average molecular weight is 290 g/mol. The number of likely N-dealkylation sites (N-methyl/N-ethyl adjacent to an activating group) is 1. The number of nitrogens with one attached hydrogen (secondary N) is 1. The third-order valence-electron chi connectivity index (χ3n) is 3.34. The second kappa shape index (κ2) is 7.60. The van der Waals surface area contributed by atoms with E-state index in [1.165, 1.54) is 12.1 Å². The van der Waals surface area contributed by atoms with Gasteiger partial charge in [0.1, 0.15) is 6.07 Å². The van der Waals surface area contributed by atoms with Crippen LogP contribution in [0.1, 0.15) is 25.8 Å². The van der Waals surface area contributed by atoms with Gasteiger partial charge in [-0.05, 0) is 32.5 Å². The van der Waals surface area contributed by atoms with Gasteiger partial charge in [0, 0.05) is 24.7 Å². The maximum Gasteiger partial charge on any atom is 0.270 e. The molecule has 1 aromatic rings. The van der Waals surface area contributed by atoms with Crippen molar-refractivity contribution in [2.75, 3.05) is 26.0 Å². The third kappa shape index (κ3) is 5.04. The minimum atomic E-state index is -0.494. The summed E-state index contributed by atoms with van der Waals surface area (Å²) in [6.07, 6.45) is 1.04. The summed E-state index contributed by atoms with van der Waals surface area (Å²) in [4.78, 5) is 12.4. The SMILES string of the molecule is CC(C)C[C@H](CNc1ccc([N+](=O)[O-])cc1C#N)N(C)C. The molecule has 0 fully saturated rings. The number of nitro benzene ring substituents is 1. The molecule has 1 rings (SSSR count). The van der Waals surface area contributed by atoms with Crippen molar-refractivity contribution in [3.05, 3.63) is 33.9 Å². The minimum Gasteiger partial charge on any atom is -0.382 e. The Balaban J connectivity index is 2.83. The summed E-state index contributed by atoms with van der Waals surface area (Å²) in [7, 11) is 4.05. The van der Waals surface area contributed by atoms with Gasteiger partial charge in [-0.2, -0.15) is 5.26 Å². The standard InChI is InChI=1S/C15H22N4O2/c1-11(2)7-14(18(3)4)10-17-15-6-5-13(19(20)21)8-12(15)9-16/h5-6,8,11,14,17H,7,10H2,1-4H3/t14-/m1/s1. The van der Waals surface area contributed by atoms with Crippen molar-refractivity contribution in [1.29, 1.82) is 5.26 Å². The van der Waals surface area contributed by atoms with Crippen molar-refractivity contribution in [3.63, 3.8) is 0 Å². The van der Waals surface area contributed by atoms with Crippen LogP contribution in [0.2, 0.25) is 0 Å². The van der Waals surface area contributed by atoms with Crippen molar-refractivity contribution in [2.24, 2.45) is 5.92 Å². The lowest BCUT2D eigenvalue weighted by Crippen LogP contribution is -2.35. The highest BCUT2D eigenvalue weighted by Gasteiger charge is 2.15. The molecule has 0 amide bonds. The molecule has 1 aromatic carbocycles. The van der Waals surface area contributed by atoms with Gasteiger partial charge in [0.2, 0.25) is 0 Å². The molecule has 0 aliphatic heterocycles. The second-order valence-corrected chi connectivity index (χ2v) is 5.73. The van der Waals surface area contributed by atoms with Crippen LogP contribution in [0.5, 0.6) is 0 Å². The van der Waals surface area contributed by atoms with Crippen LogP contribution in [-0.4, -0.2) is 36.5 Å². The van der Waals surface area contributed by atoms with Crippen LogP contribution in [0.3, 0.4) is 0 Å². The molecule has 0 unspecified atom stereocenters. The zero-order valence-corrected chi connectivity index (χ0v) is 13.0. The third-order valence-corrected chi connectivity index (χ3v) is 3.34. The van der Waals surface area contributed by atoms with Gasteiger partial charge in [-0.25, -0.2) is 0 Å². The van der Waals surface area contributed by atoms with Crippen LogP contribution in [0.15, 0.2) is 18.2 Å². The molecule has 6 nitrogen and oxygen atoms in total. The lowest BCUT2D eigenvalue weighted by molar-refractivity contribution is -0.384. The minimum absolute atomic E-state index is 0.0663. The molecular weight excluding hydrogens is 268 g/mol. The predicted octanol–water partition coefficient (Wildman–Crippen LogP) is 2.85. The van der Waals surface area contributed by atoms with E-state index in [0.29, 0.717) is 29.8 Å². The van der Waals surface area contributed by atoms with Crippen LogP contribution in [-0.2, 0) is 0 Å². The van der Waals surface area contributed by atoms with Crippen LogP contribution in [0.25, 0.3) is 0 Å². The Morgan fingerprint density at radius 3 is 2.57 bits per heavy atom. The molecule has 21 heavy (non-hydrogen) atoms. The fraction of sp³-hybridized carbons (Fsp3) is 0.533. The van der Waals surface area contributed by atoms with Gasteiger partial charge < -0.3 is 10.2 Å². The largest absolute Gasteiger partial charge is 0.382 e. The van der Waals surface area contributed by atoms with Crippen molar-refractivity contribution in [3.8, 4) is 6.07 Å². The number of nitrogens with zero attached hydrogens (tertiary/aromatic N) is 3. The number of nitriles is 1. The lowest BCUT2D eigenvalue weighted by Gasteiger charge is -2.26. The van der Waals surface area contributed by atoms with Gasteiger partial charge in [0.05, 0.1) is 16.2 Å². The highest BCUT2D eigenvalue weighted by Crippen LogP contribution is 2.22. The molecule has 0 heterocycles. The number of anilines is 1. The molecule has 0 saturated heterocycles. The van der Waals surface area contributed by atoms with Gasteiger partial charge >= 0.3 is 0 Å². The number of non-ortho nitro benzene ring substituents is 1. The Labute approximate surface area is 125 Å². The van der Waals surface area contributed by atoms with Crippen LogP contribution >= 0.6 is 0 Å². The first-order valence-corrected chi connectivity index (χ1v) is 6.94. The van der Waals surface area contributed by atoms with Crippen molar-refractivity contribution in [2.45, 2.75) is 26.3 Å².